The van der Waals surface area contributed by atoms with Gasteiger partial charge < -0.3 is 0 Å². The molecule has 0 fully saturated rings. The average Bonchev–Trinajstić information content (AvgIpc) is 2.80. The number of hydrogen-bond donors (Lipinski definition) is 2. The first-order valence-corrected chi connectivity index (χ1v) is 6.49. The first-order valence-electron chi connectivity index (χ1n) is 6.49. The summed E-state index contributed by atoms with van der Waals surface area (Å²) < 4.78 is 15.0. The number of benzene rings is 2. The van der Waals surface area contributed by atoms with Crippen LogP contribution in [-0.4, -0.2) is 20.5 Å². The van der Waals surface area contributed by atoms with Crippen LogP contribution in [-0.2, 0) is 0 Å². The molecular formula is C15H9FN3O3+. The van der Waals surface area contributed by atoms with Gasteiger partial charge in [-0.2, -0.15) is 5.48 Å². The minimum atomic E-state index is -0.675. The van der Waals surface area contributed by atoms with E-state index in [4.69, 9.17) is 5.21 Å². The number of nitrogens with zero attached hydrogens (tertiary/aromatic N) is 2. The Bertz CT molecular complexity index is 1030. The first-order chi connectivity index (χ1) is 10.6. The highest BCUT2D eigenvalue weighted by molar-refractivity contribution is 6.13. The number of halogens is 1. The van der Waals surface area contributed by atoms with Gasteiger partial charge in [0.25, 0.3) is 5.56 Å². The van der Waals surface area contributed by atoms with Crippen molar-refractivity contribution in [2.75, 3.05) is 0 Å². The largest absolute Gasteiger partial charge is 0.285 e. The Labute approximate surface area is 122 Å². The van der Waals surface area contributed by atoms with Gasteiger partial charge in [-0.05, 0) is 18.2 Å². The maximum Gasteiger partial charge on any atom is 0.269 e. The van der Waals surface area contributed by atoms with Gasteiger partial charge in [0.2, 0.25) is 5.78 Å². The highest BCUT2D eigenvalue weighted by Crippen LogP contribution is 2.27. The summed E-state index contributed by atoms with van der Waals surface area (Å²) in [5.74, 6) is -1.15. The summed E-state index contributed by atoms with van der Waals surface area (Å²) in [7, 11) is 0. The maximum absolute atomic E-state index is 13.9. The Morgan fingerprint density at radius 3 is 2.77 bits per heavy atom. The molecular weight excluding hydrogens is 289 g/mol. The number of fused-ring (bicyclic) bond motifs is 4. The number of ketones is 1. The average molecular weight is 298 g/mol. The van der Waals surface area contributed by atoms with Crippen molar-refractivity contribution in [2.24, 2.45) is 0 Å². The van der Waals surface area contributed by atoms with Crippen molar-refractivity contribution in [1.82, 2.24) is 9.55 Å². The molecule has 3 aromatic rings. The molecule has 1 aliphatic heterocycles. The number of carbonyl (C=O) groups excluding carboxylic acids is 1. The third-order valence-corrected chi connectivity index (χ3v) is 3.71. The van der Waals surface area contributed by atoms with Gasteiger partial charge in [-0.1, -0.05) is 6.07 Å². The molecule has 0 radical (unpaired) electrons. The van der Waals surface area contributed by atoms with Gasteiger partial charge in [0, 0.05) is 12.1 Å². The highest BCUT2D eigenvalue weighted by atomic mass is 19.1. The Balaban J connectivity index is 2.14. The number of rotatable bonds is 1. The predicted molar refractivity (Wildman–Crippen MR) is 74.1 cm³/mol. The quantitative estimate of drug-likeness (QED) is 0.399. The summed E-state index contributed by atoms with van der Waals surface area (Å²) in [5, 5.41) is 8.90. The van der Waals surface area contributed by atoms with E-state index in [0.717, 1.165) is 10.0 Å². The van der Waals surface area contributed by atoms with Crippen LogP contribution in [0, 0.1) is 5.82 Å². The van der Waals surface area contributed by atoms with Crippen LogP contribution in [0.4, 0.5) is 10.1 Å². The van der Waals surface area contributed by atoms with E-state index in [0.29, 0.717) is 11.4 Å². The third kappa shape index (κ3) is 1.51. The molecule has 0 bridgehead atoms. The normalized spacial score (nSPS) is 12.5. The summed E-state index contributed by atoms with van der Waals surface area (Å²) in [6.07, 6.45) is 0. The van der Waals surface area contributed by atoms with E-state index < -0.39 is 17.2 Å². The molecule has 2 aromatic carbocycles. The number of aromatic nitrogens is 2. The van der Waals surface area contributed by atoms with E-state index in [1.54, 1.807) is 6.07 Å². The molecule has 0 unspecified atom stereocenters. The summed E-state index contributed by atoms with van der Waals surface area (Å²) in [5.41, 5.74) is 1.42. The fourth-order valence-corrected chi connectivity index (χ4v) is 2.70. The van der Waals surface area contributed by atoms with Gasteiger partial charge in [-0.3, -0.25) is 14.2 Å². The SMILES string of the molecule is O=C1c2cc([NH2+]O)ccc2-n2c1nc1cccc(F)c1c2=O. The Morgan fingerprint density at radius 2 is 2.00 bits per heavy atom. The highest BCUT2D eigenvalue weighted by Gasteiger charge is 2.31. The molecule has 0 saturated heterocycles. The van der Waals surface area contributed by atoms with Crippen molar-refractivity contribution < 1.29 is 19.9 Å². The zero-order valence-electron chi connectivity index (χ0n) is 11.1. The Hall–Kier alpha value is -2.90. The number of hydrogen-bond acceptors (Lipinski definition) is 4. The van der Waals surface area contributed by atoms with Crippen LogP contribution in [0.3, 0.4) is 0 Å². The van der Waals surface area contributed by atoms with Crippen molar-refractivity contribution in [1.29, 1.82) is 0 Å². The zero-order chi connectivity index (χ0) is 15.4. The molecule has 0 aliphatic carbocycles. The molecule has 2 heterocycles. The molecule has 22 heavy (non-hydrogen) atoms. The number of carbonyl (C=O) groups is 1. The molecule has 0 amide bonds. The van der Waals surface area contributed by atoms with Crippen molar-refractivity contribution in [3.05, 3.63) is 64.0 Å². The summed E-state index contributed by atoms with van der Waals surface area (Å²) in [6, 6.07) is 8.66. The van der Waals surface area contributed by atoms with Gasteiger partial charge in [-0.25, -0.2) is 14.6 Å². The van der Waals surface area contributed by atoms with Crippen LogP contribution in [0.25, 0.3) is 16.6 Å². The summed E-state index contributed by atoms with van der Waals surface area (Å²) in [6.45, 7) is 0. The van der Waals surface area contributed by atoms with Crippen LogP contribution < -0.4 is 11.0 Å². The monoisotopic (exact) mass is 298 g/mol. The van der Waals surface area contributed by atoms with E-state index in [-0.39, 0.29) is 22.3 Å². The minimum Gasteiger partial charge on any atom is -0.285 e. The molecule has 0 saturated carbocycles. The van der Waals surface area contributed by atoms with Crippen LogP contribution in [0.15, 0.2) is 41.2 Å². The first kappa shape index (κ1) is 12.8. The Kier molecular flexibility index (Phi) is 2.50. The predicted octanol–water partition coefficient (Wildman–Crippen LogP) is 0.653. The van der Waals surface area contributed by atoms with E-state index in [1.807, 2.05) is 0 Å². The fraction of sp³-hybridized carbons (Fsp3) is 0. The molecule has 108 valence electrons. The van der Waals surface area contributed by atoms with Crippen LogP contribution in [0.1, 0.15) is 16.2 Å². The lowest BCUT2D eigenvalue weighted by Gasteiger charge is -2.05. The number of quaternary nitrogens is 1. The molecule has 1 aromatic heterocycles. The second-order valence-electron chi connectivity index (χ2n) is 4.94. The smallest absolute Gasteiger partial charge is 0.269 e. The van der Waals surface area contributed by atoms with Crippen molar-refractivity contribution in [3.8, 4) is 5.69 Å². The fourth-order valence-electron chi connectivity index (χ4n) is 2.70. The van der Waals surface area contributed by atoms with E-state index in [1.165, 1.54) is 30.3 Å². The molecule has 3 N–H and O–H groups in total. The van der Waals surface area contributed by atoms with Crippen LogP contribution >= 0.6 is 0 Å². The van der Waals surface area contributed by atoms with E-state index >= 15 is 0 Å². The Morgan fingerprint density at radius 1 is 1.18 bits per heavy atom. The van der Waals surface area contributed by atoms with Crippen molar-refractivity contribution in [3.63, 3.8) is 0 Å². The van der Waals surface area contributed by atoms with Crippen LogP contribution in [0.5, 0.6) is 0 Å². The van der Waals surface area contributed by atoms with Crippen LogP contribution in [0.2, 0.25) is 0 Å². The number of nitrogens with two attached hydrogens (primary N) is 1. The second kappa shape index (κ2) is 4.30. The molecule has 6 nitrogen and oxygen atoms in total. The van der Waals surface area contributed by atoms with Crippen molar-refractivity contribution >= 4 is 22.4 Å². The van der Waals surface area contributed by atoms with Gasteiger partial charge in [0.05, 0.1) is 16.8 Å². The topological polar surface area (TPSA) is 88.8 Å². The maximum atomic E-state index is 13.9. The molecule has 7 heteroatoms. The van der Waals surface area contributed by atoms with E-state index in [9.17, 15) is 14.0 Å². The zero-order valence-corrected chi connectivity index (χ0v) is 11.1. The van der Waals surface area contributed by atoms with Gasteiger partial charge in [0.1, 0.15) is 11.2 Å². The standard InChI is InChI=1S/C15H8FN3O3/c16-9-2-1-3-10-12(9)15(21)19-11-5-4-7(18-22)6-8(11)13(20)14(19)17-10/h1-6,18,22H/p+1. The van der Waals surface area contributed by atoms with Crippen molar-refractivity contribution in [2.45, 2.75) is 0 Å². The second-order valence-corrected chi connectivity index (χ2v) is 4.94. The third-order valence-electron chi connectivity index (χ3n) is 3.71. The van der Waals surface area contributed by atoms with Gasteiger partial charge >= 0.3 is 0 Å². The summed E-state index contributed by atoms with van der Waals surface area (Å²) in [4.78, 5) is 29.1. The minimum absolute atomic E-state index is 0.0480. The van der Waals surface area contributed by atoms with Gasteiger partial charge in [0.15, 0.2) is 11.5 Å². The van der Waals surface area contributed by atoms with E-state index in [2.05, 4.69) is 4.98 Å². The lowest BCUT2D eigenvalue weighted by molar-refractivity contribution is -0.825. The van der Waals surface area contributed by atoms with Gasteiger partial charge in [-0.15, -0.1) is 0 Å². The molecule has 0 atom stereocenters. The lowest BCUT2D eigenvalue weighted by Crippen LogP contribution is -2.73. The molecule has 0 spiro atoms. The molecule has 1 aliphatic rings. The molecule has 4 rings (SSSR count). The lowest BCUT2D eigenvalue weighted by atomic mass is 10.1. The summed E-state index contributed by atoms with van der Waals surface area (Å²) >= 11 is 0.